The van der Waals surface area contributed by atoms with E-state index in [9.17, 15) is 4.79 Å². The number of carbonyl (C=O) groups excluding carboxylic acids is 1. The van der Waals surface area contributed by atoms with E-state index in [-0.39, 0.29) is 0 Å². The smallest absolute Gasteiger partial charge is 0.172 e. The summed E-state index contributed by atoms with van der Waals surface area (Å²) >= 11 is 0. The van der Waals surface area contributed by atoms with E-state index in [0.717, 1.165) is 11.8 Å². The van der Waals surface area contributed by atoms with Crippen LogP contribution in [-0.4, -0.2) is 20.7 Å². The molecule has 0 bridgehead atoms. The fourth-order valence-corrected chi connectivity index (χ4v) is 1.88. The van der Waals surface area contributed by atoms with Gasteiger partial charge in [-0.3, -0.25) is 4.79 Å². The monoisotopic (exact) mass is 283 g/mol. The molecule has 0 radical (unpaired) electrons. The van der Waals surface area contributed by atoms with Crippen LogP contribution in [0.5, 0.6) is 0 Å². The van der Waals surface area contributed by atoms with Gasteiger partial charge in [0.1, 0.15) is 6.29 Å². The van der Waals surface area contributed by atoms with Crippen molar-refractivity contribution in [1.82, 2.24) is 0 Å². The Bertz CT molecular complexity index is 530. The largest absolute Gasteiger partial charge is 0.329 e. The van der Waals surface area contributed by atoms with Crippen LogP contribution in [0.1, 0.15) is 15.9 Å². The zero-order valence-electron chi connectivity index (χ0n) is 12.3. The number of benzene rings is 2. The maximum atomic E-state index is 10.0. The van der Waals surface area contributed by atoms with Crippen LogP contribution >= 0.6 is 0 Å². The number of hydrogen-bond donors (Lipinski definition) is 0. The Labute approximate surface area is 122 Å². The molecule has 0 aliphatic heterocycles. The molecular formula is C17H21NOSi. The van der Waals surface area contributed by atoms with Crippen LogP contribution in [0.2, 0.25) is 19.6 Å². The first-order valence-corrected chi connectivity index (χ1v) is 10.1. The van der Waals surface area contributed by atoms with E-state index in [2.05, 4.69) is 36.4 Å². The normalized spacial score (nSPS) is 10.8. The van der Waals surface area contributed by atoms with Crippen molar-refractivity contribution in [3.05, 3.63) is 71.8 Å². The van der Waals surface area contributed by atoms with Gasteiger partial charge in [0.2, 0.25) is 0 Å². The molecule has 0 unspecified atom stereocenters. The lowest BCUT2D eigenvalue weighted by Crippen LogP contribution is -2.16. The molecule has 0 aromatic heterocycles. The maximum Gasteiger partial charge on any atom is 0.172 e. The number of rotatable bonds is 3. The topological polar surface area (TPSA) is 29.4 Å². The highest BCUT2D eigenvalue weighted by Crippen LogP contribution is 2.02. The Hall–Kier alpha value is -2.00. The average molecular weight is 283 g/mol. The zero-order valence-corrected chi connectivity index (χ0v) is 13.3. The molecule has 104 valence electrons. The molecule has 0 saturated carbocycles. The van der Waals surface area contributed by atoms with Gasteiger partial charge in [-0.1, -0.05) is 60.7 Å². The first-order valence-electron chi connectivity index (χ1n) is 6.62. The van der Waals surface area contributed by atoms with Crippen LogP contribution < -0.4 is 0 Å². The van der Waals surface area contributed by atoms with E-state index in [1.54, 1.807) is 12.1 Å². The van der Waals surface area contributed by atoms with Gasteiger partial charge in [0.05, 0.1) is 0 Å². The third-order valence-corrected chi connectivity index (χ3v) is 3.24. The van der Waals surface area contributed by atoms with Crippen molar-refractivity contribution in [2.75, 3.05) is 0 Å². The molecule has 0 spiro atoms. The summed E-state index contributed by atoms with van der Waals surface area (Å²) in [4.78, 5) is 10.0. The second-order valence-electron chi connectivity index (χ2n) is 5.37. The molecular weight excluding hydrogens is 262 g/mol. The summed E-state index contributed by atoms with van der Waals surface area (Å²) < 4.78 is 4.54. The van der Waals surface area contributed by atoms with Crippen LogP contribution in [0.3, 0.4) is 0 Å². The molecule has 0 atom stereocenters. The molecule has 3 heteroatoms. The van der Waals surface area contributed by atoms with Crippen molar-refractivity contribution in [3.8, 4) is 0 Å². The van der Waals surface area contributed by atoms with Crippen molar-refractivity contribution >= 4 is 20.7 Å². The van der Waals surface area contributed by atoms with Gasteiger partial charge < -0.3 is 4.66 Å². The Kier molecular flexibility index (Phi) is 6.60. The van der Waals surface area contributed by atoms with Crippen LogP contribution in [0.15, 0.2) is 65.3 Å². The molecule has 2 aromatic carbocycles. The summed E-state index contributed by atoms with van der Waals surface area (Å²) in [5, 5.41) is 0. The van der Waals surface area contributed by atoms with Crippen LogP contribution in [0.25, 0.3) is 0 Å². The first-order chi connectivity index (χ1) is 9.51. The number of hydrogen-bond acceptors (Lipinski definition) is 2. The van der Waals surface area contributed by atoms with Gasteiger partial charge in [0, 0.05) is 11.8 Å². The standard InChI is InChI=1S/C10H15NSi.C7H6O/c1-12(2,3)11-9-10-7-5-4-6-8-10;8-6-7-4-2-1-3-5-7/h4-9H,1-3H3;1-6H. The Morgan fingerprint density at radius 1 is 0.800 bits per heavy atom. The predicted octanol–water partition coefficient (Wildman–Crippen LogP) is 4.44. The second kappa shape index (κ2) is 8.22. The van der Waals surface area contributed by atoms with Crippen molar-refractivity contribution in [2.24, 2.45) is 4.66 Å². The molecule has 0 aliphatic rings. The van der Waals surface area contributed by atoms with Gasteiger partial charge in [0.25, 0.3) is 0 Å². The van der Waals surface area contributed by atoms with Crippen LogP contribution in [0, 0.1) is 0 Å². The SMILES string of the molecule is C[Si](C)(C)N=Cc1ccccc1.O=Cc1ccccc1. The highest BCUT2D eigenvalue weighted by Gasteiger charge is 2.08. The van der Waals surface area contributed by atoms with Gasteiger partial charge in [0.15, 0.2) is 8.24 Å². The molecule has 0 aliphatic carbocycles. The molecule has 0 amide bonds. The van der Waals surface area contributed by atoms with E-state index in [4.69, 9.17) is 0 Å². The third-order valence-electron chi connectivity index (χ3n) is 2.34. The molecule has 0 saturated heterocycles. The molecule has 0 N–H and O–H groups in total. The molecule has 20 heavy (non-hydrogen) atoms. The third kappa shape index (κ3) is 7.44. The molecule has 0 fully saturated rings. The average Bonchev–Trinajstić information content (AvgIpc) is 2.47. The van der Waals surface area contributed by atoms with E-state index in [1.807, 2.05) is 42.6 Å². The zero-order chi connectivity index (χ0) is 14.8. The fraction of sp³-hybridized carbons (Fsp3) is 0.176. The van der Waals surface area contributed by atoms with Gasteiger partial charge in [-0.05, 0) is 25.2 Å². The summed E-state index contributed by atoms with van der Waals surface area (Å²) in [5.41, 5.74) is 1.92. The molecule has 2 nitrogen and oxygen atoms in total. The van der Waals surface area contributed by atoms with Crippen LogP contribution in [0.4, 0.5) is 0 Å². The first kappa shape index (κ1) is 16.1. The summed E-state index contributed by atoms with van der Waals surface area (Å²) in [6, 6.07) is 19.3. The Balaban J connectivity index is 0.000000217. The number of aldehydes is 1. The lowest BCUT2D eigenvalue weighted by Gasteiger charge is -2.06. The Morgan fingerprint density at radius 3 is 1.60 bits per heavy atom. The summed E-state index contributed by atoms with van der Waals surface area (Å²) in [5.74, 6) is 0. The van der Waals surface area contributed by atoms with E-state index in [0.29, 0.717) is 0 Å². The lowest BCUT2D eigenvalue weighted by atomic mass is 10.2. The predicted molar refractivity (Wildman–Crippen MR) is 89.2 cm³/mol. The van der Waals surface area contributed by atoms with Gasteiger partial charge >= 0.3 is 0 Å². The number of nitrogens with zero attached hydrogens (tertiary/aromatic N) is 1. The van der Waals surface area contributed by atoms with Crippen molar-refractivity contribution < 1.29 is 4.79 Å². The Morgan fingerprint density at radius 2 is 1.25 bits per heavy atom. The molecule has 0 heterocycles. The maximum absolute atomic E-state index is 10.0. The van der Waals surface area contributed by atoms with Crippen molar-refractivity contribution in [2.45, 2.75) is 19.6 Å². The highest BCUT2D eigenvalue weighted by molar-refractivity contribution is 6.75. The summed E-state index contributed by atoms with van der Waals surface area (Å²) in [6.07, 6.45) is 2.81. The highest BCUT2D eigenvalue weighted by atomic mass is 28.3. The quantitative estimate of drug-likeness (QED) is 0.465. The summed E-state index contributed by atoms with van der Waals surface area (Å²) in [6.45, 7) is 6.69. The van der Waals surface area contributed by atoms with E-state index < -0.39 is 8.24 Å². The fourth-order valence-electron chi connectivity index (χ4n) is 1.34. The summed E-state index contributed by atoms with van der Waals surface area (Å²) in [7, 11) is -1.27. The van der Waals surface area contributed by atoms with Crippen molar-refractivity contribution in [3.63, 3.8) is 0 Å². The van der Waals surface area contributed by atoms with Gasteiger partial charge in [-0.2, -0.15) is 0 Å². The van der Waals surface area contributed by atoms with Crippen LogP contribution in [-0.2, 0) is 0 Å². The molecule has 2 aromatic rings. The van der Waals surface area contributed by atoms with E-state index >= 15 is 0 Å². The second-order valence-corrected chi connectivity index (χ2v) is 9.97. The van der Waals surface area contributed by atoms with E-state index in [1.165, 1.54) is 5.56 Å². The minimum Gasteiger partial charge on any atom is -0.329 e. The minimum atomic E-state index is -1.27. The number of carbonyl (C=O) groups is 1. The van der Waals surface area contributed by atoms with Gasteiger partial charge in [-0.25, -0.2) is 0 Å². The molecule has 2 rings (SSSR count). The lowest BCUT2D eigenvalue weighted by molar-refractivity contribution is 0.112. The van der Waals surface area contributed by atoms with Crippen molar-refractivity contribution in [1.29, 1.82) is 0 Å². The minimum absolute atomic E-state index is 0.729. The van der Waals surface area contributed by atoms with Gasteiger partial charge in [-0.15, -0.1) is 0 Å².